The monoisotopic (exact) mass is 445 g/mol. The Labute approximate surface area is 178 Å². The first-order valence-corrected chi connectivity index (χ1v) is 10.2. The number of hydrogen-bond donors (Lipinski definition) is 1. The second-order valence-corrected chi connectivity index (χ2v) is 8.48. The molecule has 1 aliphatic heterocycles. The minimum atomic E-state index is -1.39. The van der Waals surface area contributed by atoms with Gasteiger partial charge in [-0.3, -0.25) is 4.79 Å². The smallest absolute Gasteiger partial charge is 0.171 e. The minimum absolute atomic E-state index is 0.228. The number of nitrogens with zero attached hydrogens (tertiary/aromatic N) is 1. The number of piperidine rings is 1. The van der Waals surface area contributed by atoms with E-state index in [1.807, 2.05) is 6.92 Å². The first-order valence-electron chi connectivity index (χ1n) is 8.65. The van der Waals surface area contributed by atoms with E-state index in [4.69, 9.17) is 46.4 Å². The molecule has 27 heavy (non-hydrogen) atoms. The van der Waals surface area contributed by atoms with E-state index in [0.717, 1.165) is 6.54 Å². The highest BCUT2D eigenvalue weighted by Crippen LogP contribution is 2.41. The maximum absolute atomic E-state index is 13.4. The van der Waals surface area contributed by atoms with E-state index in [-0.39, 0.29) is 10.8 Å². The van der Waals surface area contributed by atoms with Gasteiger partial charge < -0.3 is 10.0 Å². The molecular formula is C20H19Cl4NO2. The van der Waals surface area contributed by atoms with E-state index in [1.54, 1.807) is 30.3 Å². The summed E-state index contributed by atoms with van der Waals surface area (Å²) < 4.78 is 0. The Balaban J connectivity index is 2.07. The number of likely N-dealkylation sites (tertiary alicyclic amines) is 1. The van der Waals surface area contributed by atoms with Gasteiger partial charge in [-0.25, -0.2) is 0 Å². The van der Waals surface area contributed by atoms with Gasteiger partial charge in [-0.05, 0) is 54.9 Å². The van der Waals surface area contributed by atoms with Crippen LogP contribution in [0.1, 0.15) is 29.3 Å². The van der Waals surface area contributed by atoms with Gasteiger partial charge >= 0.3 is 0 Å². The molecule has 1 saturated heterocycles. The highest BCUT2D eigenvalue weighted by molar-refractivity contribution is 6.37. The molecule has 0 aromatic heterocycles. The quantitative estimate of drug-likeness (QED) is 0.611. The number of hydrogen-bond acceptors (Lipinski definition) is 3. The number of rotatable bonds is 4. The van der Waals surface area contributed by atoms with Crippen LogP contribution in [0, 0.1) is 5.92 Å². The lowest BCUT2D eigenvalue weighted by Crippen LogP contribution is -2.53. The summed E-state index contributed by atoms with van der Waals surface area (Å²) in [4.78, 5) is 15.5. The fourth-order valence-electron chi connectivity index (χ4n) is 3.62. The first-order chi connectivity index (χ1) is 12.7. The Morgan fingerprint density at radius 1 is 1.11 bits per heavy atom. The van der Waals surface area contributed by atoms with Crippen LogP contribution in [-0.4, -0.2) is 35.4 Å². The average molecular weight is 447 g/mol. The zero-order valence-electron chi connectivity index (χ0n) is 14.7. The fraction of sp³-hybridized carbons (Fsp3) is 0.350. The maximum Gasteiger partial charge on any atom is 0.171 e. The SMILES string of the molecule is CCN1CC[C@@](O)(c2cc(Cl)cc(Cl)c2)[C@H](C(=O)c2ccc(Cl)cc2Cl)C1. The molecule has 2 aromatic rings. The number of ketones is 1. The molecule has 1 fully saturated rings. The van der Waals surface area contributed by atoms with E-state index in [9.17, 15) is 9.90 Å². The zero-order valence-corrected chi connectivity index (χ0v) is 17.7. The Bertz CT molecular complexity index is 853. The molecule has 0 bridgehead atoms. The molecule has 1 N–H and O–H groups in total. The van der Waals surface area contributed by atoms with E-state index >= 15 is 0 Å². The van der Waals surface area contributed by atoms with Crippen molar-refractivity contribution in [2.75, 3.05) is 19.6 Å². The highest BCUT2D eigenvalue weighted by Gasteiger charge is 2.47. The molecule has 0 radical (unpaired) electrons. The maximum atomic E-state index is 13.4. The molecule has 7 heteroatoms. The Morgan fingerprint density at radius 2 is 1.78 bits per heavy atom. The number of carbonyl (C=O) groups is 1. The summed E-state index contributed by atoms with van der Waals surface area (Å²) in [6, 6.07) is 9.69. The van der Waals surface area contributed by atoms with Crippen molar-refractivity contribution in [1.82, 2.24) is 4.90 Å². The van der Waals surface area contributed by atoms with E-state index in [2.05, 4.69) is 4.90 Å². The first kappa shape index (κ1) is 20.9. The largest absolute Gasteiger partial charge is 0.384 e. The van der Waals surface area contributed by atoms with Crippen molar-refractivity contribution in [1.29, 1.82) is 0 Å². The second kappa shape index (κ2) is 8.28. The molecule has 0 amide bonds. The number of carbonyl (C=O) groups excluding carboxylic acids is 1. The van der Waals surface area contributed by atoms with Crippen LogP contribution in [0.15, 0.2) is 36.4 Å². The third-order valence-electron chi connectivity index (χ3n) is 5.15. The Hall–Kier alpha value is -0.810. The van der Waals surface area contributed by atoms with Crippen LogP contribution in [0.4, 0.5) is 0 Å². The van der Waals surface area contributed by atoms with Gasteiger partial charge in [0, 0.05) is 33.7 Å². The molecular weight excluding hydrogens is 428 g/mol. The van der Waals surface area contributed by atoms with Gasteiger partial charge in [0.25, 0.3) is 0 Å². The molecule has 1 aliphatic rings. The number of benzene rings is 2. The topological polar surface area (TPSA) is 40.5 Å². The molecule has 144 valence electrons. The van der Waals surface area contributed by atoms with Gasteiger partial charge in [0.1, 0.15) is 5.60 Å². The zero-order chi connectivity index (χ0) is 19.8. The molecule has 3 rings (SSSR count). The lowest BCUT2D eigenvalue weighted by atomic mass is 9.72. The van der Waals surface area contributed by atoms with Crippen LogP contribution in [0.5, 0.6) is 0 Å². The Morgan fingerprint density at radius 3 is 2.37 bits per heavy atom. The number of Topliss-reactive ketones (excluding diaryl/α,β-unsaturated/α-hetero) is 1. The van der Waals surface area contributed by atoms with E-state index in [1.165, 1.54) is 6.07 Å². The van der Waals surface area contributed by atoms with Crippen molar-refractivity contribution in [2.24, 2.45) is 5.92 Å². The molecule has 1 heterocycles. The minimum Gasteiger partial charge on any atom is -0.384 e. The molecule has 0 unspecified atom stereocenters. The average Bonchev–Trinajstić information content (AvgIpc) is 2.61. The number of halogens is 4. The summed E-state index contributed by atoms with van der Waals surface area (Å²) >= 11 is 24.5. The van der Waals surface area contributed by atoms with Crippen molar-refractivity contribution < 1.29 is 9.90 Å². The summed E-state index contributed by atoms with van der Waals surface area (Å²) in [5.41, 5.74) is -0.505. The second-order valence-electron chi connectivity index (χ2n) is 6.77. The lowest BCUT2D eigenvalue weighted by molar-refractivity contribution is -0.0631. The van der Waals surface area contributed by atoms with Crippen LogP contribution < -0.4 is 0 Å². The van der Waals surface area contributed by atoms with Crippen LogP contribution in [0.25, 0.3) is 0 Å². The van der Waals surface area contributed by atoms with Gasteiger partial charge in [-0.15, -0.1) is 0 Å². The third-order valence-corrected chi connectivity index (χ3v) is 6.13. The van der Waals surface area contributed by atoms with Gasteiger partial charge in [-0.2, -0.15) is 0 Å². The van der Waals surface area contributed by atoms with Crippen LogP contribution in [0.3, 0.4) is 0 Å². The third kappa shape index (κ3) is 4.29. The van der Waals surface area contributed by atoms with Crippen molar-refractivity contribution in [2.45, 2.75) is 18.9 Å². The van der Waals surface area contributed by atoms with Crippen LogP contribution in [0.2, 0.25) is 20.1 Å². The van der Waals surface area contributed by atoms with Gasteiger partial charge in [-0.1, -0.05) is 53.3 Å². The van der Waals surface area contributed by atoms with Crippen LogP contribution in [-0.2, 0) is 5.60 Å². The molecule has 0 saturated carbocycles. The summed E-state index contributed by atoms with van der Waals surface area (Å²) in [7, 11) is 0. The molecule has 0 spiro atoms. The van der Waals surface area contributed by atoms with Crippen LogP contribution >= 0.6 is 46.4 Å². The standard InChI is InChI=1S/C20H19Cl4NO2/c1-2-25-6-5-20(27,12-7-14(22)9-15(23)8-12)17(11-25)19(26)16-4-3-13(21)10-18(16)24/h3-4,7-10,17,27H,2,5-6,11H2,1H3/t17-,20+/m0/s1. The molecule has 2 atom stereocenters. The van der Waals surface area contributed by atoms with Gasteiger partial charge in [0.15, 0.2) is 5.78 Å². The van der Waals surface area contributed by atoms with Gasteiger partial charge in [0.05, 0.1) is 10.9 Å². The summed E-state index contributed by atoms with van der Waals surface area (Å²) in [6.07, 6.45) is 0.388. The normalized spacial score (nSPS) is 23.4. The van der Waals surface area contributed by atoms with Crippen molar-refractivity contribution in [3.8, 4) is 0 Å². The fourth-order valence-corrected chi connectivity index (χ4v) is 4.64. The highest BCUT2D eigenvalue weighted by atomic mass is 35.5. The van der Waals surface area contributed by atoms with E-state index < -0.39 is 11.5 Å². The summed E-state index contributed by atoms with van der Waals surface area (Å²) in [5, 5.41) is 13.2. The summed E-state index contributed by atoms with van der Waals surface area (Å²) in [5.74, 6) is -0.937. The van der Waals surface area contributed by atoms with Gasteiger partial charge in [0.2, 0.25) is 0 Å². The number of aliphatic hydroxyl groups is 1. The predicted octanol–water partition coefficient (Wildman–Crippen LogP) is 5.71. The van der Waals surface area contributed by atoms with Crippen molar-refractivity contribution in [3.63, 3.8) is 0 Å². The molecule has 0 aliphatic carbocycles. The predicted molar refractivity (Wildman–Crippen MR) is 111 cm³/mol. The molecule has 3 nitrogen and oxygen atoms in total. The van der Waals surface area contributed by atoms with Crippen molar-refractivity contribution >= 4 is 52.2 Å². The lowest BCUT2D eigenvalue weighted by Gasteiger charge is -2.44. The molecule has 2 aromatic carbocycles. The Kier molecular flexibility index (Phi) is 6.41. The van der Waals surface area contributed by atoms with Crippen molar-refractivity contribution in [3.05, 3.63) is 67.6 Å². The van der Waals surface area contributed by atoms with E-state index in [0.29, 0.717) is 45.7 Å². The summed E-state index contributed by atoms with van der Waals surface area (Å²) in [6.45, 7) is 3.88.